The largest absolute Gasteiger partial charge is 0.495 e. The molecule has 1 fully saturated rings. The molecule has 1 saturated heterocycles. The van der Waals surface area contributed by atoms with Crippen LogP contribution in [0.5, 0.6) is 5.75 Å². The van der Waals surface area contributed by atoms with Gasteiger partial charge in [0.25, 0.3) is 0 Å². The van der Waals surface area contributed by atoms with Crippen LogP contribution in [-0.2, 0) is 0 Å². The van der Waals surface area contributed by atoms with Crippen molar-refractivity contribution in [2.24, 2.45) is 0 Å². The molecule has 1 aliphatic rings. The van der Waals surface area contributed by atoms with E-state index in [9.17, 15) is 4.79 Å². The van der Waals surface area contributed by atoms with E-state index in [1.165, 1.54) is 0 Å². The van der Waals surface area contributed by atoms with Gasteiger partial charge in [0, 0.05) is 5.56 Å². The summed E-state index contributed by atoms with van der Waals surface area (Å²) in [6, 6.07) is 5.30. The summed E-state index contributed by atoms with van der Waals surface area (Å²) in [6.07, 6.45) is 1.97. The van der Waals surface area contributed by atoms with Crippen molar-refractivity contribution in [1.82, 2.24) is 4.90 Å². The van der Waals surface area contributed by atoms with E-state index in [-0.39, 0.29) is 11.8 Å². The van der Waals surface area contributed by atoms with E-state index in [0.29, 0.717) is 17.0 Å². The minimum atomic E-state index is -0.0376. The standard InChI is InChI=1S/C13H18N2O2/c1-15-8-4-6-10(15)13(16)9-5-3-7-11(17-2)12(9)14/h3,5,7,10H,4,6,8,14H2,1-2H3. The van der Waals surface area contributed by atoms with Crippen LogP contribution >= 0.6 is 0 Å². The van der Waals surface area contributed by atoms with E-state index in [1.54, 1.807) is 25.3 Å². The topological polar surface area (TPSA) is 55.6 Å². The van der Waals surface area contributed by atoms with Crippen LogP contribution < -0.4 is 10.5 Å². The van der Waals surface area contributed by atoms with Crippen molar-refractivity contribution < 1.29 is 9.53 Å². The molecule has 1 aliphatic heterocycles. The Labute approximate surface area is 101 Å². The molecule has 4 nitrogen and oxygen atoms in total. The van der Waals surface area contributed by atoms with E-state index >= 15 is 0 Å². The third kappa shape index (κ3) is 2.13. The van der Waals surface area contributed by atoms with Crippen molar-refractivity contribution in [3.05, 3.63) is 23.8 Å². The van der Waals surface area contributed by atoms with Crippen LogP contribution in [0.1, 0.15) is 23.2 Å². The number of nitrogens with two attached hydrogens (primary N) is 1. The number of Topliss-reactive ketones (excluding diaryl/α,β-unsaturated/α-hetero) is 1. The number of likely N-dealkylation sites (N-methyl/N-ethyl adjacent to an activating group) is 1. The first-order valence-electron chi connectivity index (χ1n) is 5.82. The van der Waals surface area contributed by atoms with Gasteiger partial charge in [-0.25, -0.2) is 0 Å². The van der Waals surface area contributed by atoms with Gasteiger partial charge in [0.1, 0.15) is 5.75 Å². The number of ketones is 1. The molecule has 17 heavy (non-hydrogen) atoms. The van der Waals surface area contributed by atoms with Gasteiger partial charge < -0.3 is 10.5 Å². The van der Waals surface area contributed by atoms with E-state index in [4.69, 9.17) is 10.5 Å². The highest BCUT2D eigenvalue weighted by molar-refractivity contribution is 6.05. The Hall–Kier alpha value is -1.55. The quantitative estimate of drug-likeness (QED) is 0.637. The number of hydrogen-bond acceptors (Lipinski definition) is 4. The zero-order valence-electron chi connectivity index (χ0n) is 10.3. The van der Waals surface area contributed by atoms with Crippen LogP contribution in [-0.4, -0.2) is 37.4 Å². The zero-order valence-corrected chi connectivity index (χ0v) is 10.3. The summed E-state index contributed by atoms with van der Waals surface area (Å²) in [5.41, 5.74) is 6.96. The minimum absolute atomic E-state index is 0.0376. The number of benzene rings is 1. The van der Waals surface area contributed by atoms with E-state index < -0.39 is 0 Å². The van der Waals surface area contributed by atoms with Gasteiger partial charge >= 0.3 is 0 Å². The average Bonchev–Trinajstić information content (AvgIpc) is 2.75. The molecule has 0 aromatic heterocycles. The summed E-state index contributed by atoms with van der Waals surface area (Å²) in [6.45, 7) is 0.972. The Balaban J connectivity index is 2.30. The average molecular weight is 234 g/mol. The summed E-state index contributed by atoms with van der Waals surface area (Å²) in [4.78, 5) is 14.5. The molecule has 1 unspecified atom stereocenters. The van der Waals surface area contributed by atoms with Crippen molar-refractivity contribution in [1.29, 1.82) is 0 Å². The fourth-order valence-corrected chi connectivity index (χ4v) is 2.36. The number of anilines is 1. The van der Waals surface area contributed by atoms with Crippen LogP contribution in [0.3, 0.4) is 0 Å². The van der Waals surface area contributed by atoms with Crippen molar-refractivity contribution in [3.63, 3.8) is 0 Å². The lowest BCUT2D eigenvalue weighted by Gasteiger charge is -2.19. The number of nitrogen functional groups attached to an aromatic ring is 1. The fraction of sp³-hybridized carbons (Fsp3) is 0.462. The van der Waals surface area contributed by atoms with Gasteiger partial charge in [0.2, 0.25) is 0 Å². The molecule has 0 radical (unpaired) electrons. The molecular weight excluding hydrogens is 216 g/mol. The summed E-state index contributed by atoms with van der Waals surface area (Å²) in [5, 5.41) is 0. The summed E-state index contributed by atoms with van der Waals surface area (Å²) in [5.74, 6) is 0.665. The van der Waals surface area contributed by atoms with Gasteiger partial charge in [-0.1, -0.05) is 6.07 Å². The first-order valence-corrected chi connectivity index (χ1v) is 5.82. The molecular formula is C13H18N2O2. The van der Waals surface area contributed by atoms with Crippen molar-refractivity contribution >= 4 is 11.5 Å². The van der Waals surface area contributed by atoms with Crippen molar-refractivity contribution in [3.8, 4) is 5.75 Å². The monoisotopic (exact) mass is 234 g/mol. The lowest BCUT2D eigenvalue weighted by Crippen LogP contribution is -2.33. The number of hydrogen-bond donors (Lipinski definition) is 1. The maximum atomic E-state index is 12.4. The second-order valence-corrected chi connectivity index (χ2v) is 4.42. The van der Waals surface area contributed by atoms with E-state index in [1.807, 2.05) is 7.05 Å². The first kappa shape index (κ1) is 11.9. The molecule has 0 spiro atoms. The smallest absolute Gasteiger partial charge is 0.182 e. The predicted molar refractivity (Wildman–Crippen MR) is 67.4 cm³/mol. The number of likely N-dealkylation sites (tertiary alicyclic amines) is 1. The maximum absolute atomic E-state index is 12.4. The molecule has 1 atom stereocenters. The summed E-state index contributed by atoms with van der Waals surface area (Å²) in [7, 11) is 3.54. The normalized spacial score (nSPS) is 20.5. The Bertz CT molecular complexity index is 431. The van der Waals surface area contributed by atoms with Gasteiger partial charge in [-0.15, -0.1) is 0 Å². The van der Waals surface area contributed by atoms with Gasteiger partial charge in [0.05, 0.1) is 18.8 Å². The van der Waals surface area contributed by atoms with Gasteiger partial charge in [-0.2, -0.15) is 0 Å². The molecule has 0 amide bonds. The molecule has 1 heterocycles. The van der Waals surface area contributed by atoms with Gasteiger partial charge in [-0.05, 0) is 38.6 Å². The molecule has 2 rings (SSSR count). The Morgan fingerprint density at radius 1 is 1.53 bits per heavy atom. The predicted octanol–water partition coefficient (Wildman–Crippen LogP) is 1.55. The third-order valence-corrected chi connectivity index (χ3v) is 3.37. The highest BCUT2D eigenvalue weighted by atomic mass is 16.5. The van der Waals surface area contributed by atoms with Crippen molar-refractivity contribution in [2.45, 2.75) is 18.9 Å². The van der Waals surface area contributed by atoms with E-state index in [2.05, 4.69) is 4.90 Å². The fourth-order valence-electron chi connectivity index (χ4n) is 2.36. The second kappa shape index (κ2) is 4.75. The molecule has 1 aromatic carbocycles. The maximum Gasteiger partial charge on any atom is 0.182 e. The molecule has 0 saturated carbocycles. The van der Waals surface area contributed by atoms with Crippen LogP contribution in [0.2, 0.25) is 0 Å². The highest BCUT2D eigenvalue weighted by Gasteiger charge is 2.29. The van der Waals surface area contributed by atoms with E-state index in [0.717, 1.165) is 19.4 Å². The minimum Gasteiger partial charge on any atom is -0.495 e. The molecule has 0 bridgehead atoms. The van der Waals surface area contributed by atoms with Crippen LogP contribution in [0, 0.1) is 0 Å². The summed E-state index contributed by atoms with van der Waals surface area (Å²) < 4.78 is 5.13. The zero-order chi connectivity index (χ0) is 12.4. The Kier molecular flexibility index (Phi) is 3.33. The molecule has 1 aromatic rings. The summed E-state index contributed by atoms with van der Waals surface area (Å²) >= 11 is 0. The van der Waals surface area contributed by atoms with Gasteiger partial charge in [0.15, 0.2) is 5.78 Å². The molecule has 92 valence electrons. The number of rotatable bonds is 3. The van der Waals surface area contributed by atoms with Crippen molar-refractivity contribution in [2.75, 3.05) is 26.4 Å². The highest BCUT2D eigenvalue weighted by Crippen LogP contribution is 2.28. The number of ether oxygens (including phenoxy) is 1. The molecule has 4 heteroatoms. The van der Waals surface area contributed by atoms with Gasteiger partial charge in [-0.3, -0.25) is 9.69 Å². The Morgan fingerprint density at radius 3 is 2.88 bits per heavy atom. The number of para-hydroxylation sites is 1. The first-order chi connectivity index (χ1) is 8.15. The SMILES string of the molecule is COc1cccc(C(=O)C2CCCN2C)c1N. The van der Waals surface area contributed by atoms with Crippen LogP contribution in [0.4, 0.5) is 5.69 Å². The van der Waals surface area contributed by atoms with Crippen LogP contribution in [0.15, 0.2) is 18.2 Å². The van der Waals surface area contributed by atoms with Crippen LogP contribution in [0.25, 0.3) is 0 Å². The number of carbonyl (C=O) groups excluding carboxylic acids is 1. The molecule has 2 N–H and O–H groups in total. The number of nitrogens with zero attached hydrogens (tertiary/aromatic N) is 1. The number of carbonyl (C=O) groups is 1. The second-order valence-electron chi connectivity index (χ2n) is 4.42. The Morgan fingerprint density at radius 2 is 2.29 bits per heavy atom. The molecule has 0 aliphatic carbocycles. The third-order valence-electron chi connectivity index (χ3n) is 3.37. The lowest BCUT2D eigenvalue weighted by atomic mass is 10.0. The number of methoxy groups -OCH3 is 1. The lowest BCUT2D eigenvalue weighted by molar-refractivity contribution is 0.0891.